The van der Waals surface area contributed by atoms with Crippen LogP contribution < -0.4 is 20.1 Å². The molecule has 4 rings (SSSR count). The molecule has 3 aromatic carbocycles. The standard InChI is InChI=1S/C24H23N3O3/c1-15-8-10-16(11-9-15)22-23(18-6-4-5-7-19(18)26-22)27-24(28)25-17-12-13-20(29-2)21(14-17)30-3/h4-14,26H,1-3H3,(H2,25,27,28). The number of H-pyrrole nitrogens is 1. The Morgan fingerprint density at radius 3 is 2.33 bits per heavy atom. The number of carbonyl (C=O) groups is 1. The van der Waals surface area contributed by atoms with Crippen molar-refractivity contribution in [3.05, 3.63) is 72.3 Å². The molecule has 6 nitrogen and oxygen atoms in total. The van der Waals surface area contributed by atoms with Gasteiger partial charge in [0.15, 0.2) is 11.5 Å². The fraction of sp³-hybridized carbons (Fsp3) is 0.125. The molecule has 152 valence electrons. The molecule has 1 heterocycles. The van der Waals surface area contributed by atoms with E-state index in [-0.39, 0.29) is 6.03 Å². The second kappa shape index (κ2) is 8.21. The number of fused-ring (bicyclic) bond motifs is 1. The molecule has 30 heavy (non-hydrogen) atoms. The number of rotatable bonds is 5. The zero-order valence-corrected chi connectivity index (χ0v) is 17.1. The Labute approximate surface area is 174 Å². The molecule has 3 N–H and O–H groups in total. The summed E-state index contributed by atoms with van der Waals surface area (Å²) >= 11 is 0. The third kappa shape index (κ3) is 3.80. The number of para-hydroxylation sites is 1. The number of nitrogens with one attached hydrogen (secondary N) is 3. The molecule has 4 aromatic rings. The van der Waals surface area contributed by atoms with Gasteiger partial charge in [0.1, 0.15) is 0 Å². The van der Waals surface area contributed by atoms with Crippen molar-refractivity contribution in [1.82, 2.24) is 4.98 Å². The molecular formula is C24H23N3O3. The first-order valence-corrected chi connectivity index (χ1v) is 9.57. The van der Waals surface area contributed by atoms with Gasteiger partial charge in [0.25, 0.3) is 0 Å². The molecule has 0 aliphatic rings. The Kier molecular flexibility index (Phi) is 5.30. The van der Waals surface area contributed by atoms with Crippen molar-refractivity contribution < 1.29 is 14.3 Å². The van der Waals surface area contributed by atoms with Crippen LogP contribution >= 0.6 is 0 Å². The fourth-order valence-corrected chi connectivity index (χ4v) is 3.40. The number of anilines is 2. The number of ether oxygens (including phenoxy) is 2. The van der Waals surface area contributed by atoms with Gasteiger partial charge in [-0.2, -0.15) is 0 Å². The molecule has 0 aliphatic heterocycles. The lowest BCUT2D eigenvalue weighted by molar-refractivity contribution is 0.262. The van der Waals surface area contributed by atoms with Gasteiger partial charge in [-0.05, 0) is 25.1 Å². The summed E-state index contributed by atoms with van der Waals surface area (Å²) in [7, 11) is 3.13. The van der Waals surface area contributed by atoms with Gasteiger partial charge >= 0.3 is 6.03 Å². The zero-order chi connectivity index (χ0) is 21.1. The number of aryl methyl sites for hydroxylation is 1. The smallest absolute Gasteiger partial charge is 0.323 e. The van der Waals surface area contributed by atoms with E-state index in [9.17, 15) is 4.79 Å². The second-order valence-corrected chi connectivity index (χ2v) is 6.94. The van der Waals surface area contributed by atoms with E-state index in [1.54, 1.807) is 32.4 Å². The van der Waals surface area contributed by atoms with Crippen LogP contribution in [0.25, 0.3) is 22.2 Å². The monoisotopic (exact) mass is 401 g/mol. The lowest BCUT2D eigenvalue weighted by Gasteiger charge is -2.12. The van der Waals surface area contributed by atoms with Gasteiger partial charge in [-0.25, -0.2) is 4.79 Å². The van der Waals surface area contributed by atoms with E-state index < -0.39 is 0 Å². The van der Waals surface area contributed by atoms with Gasteiger partial charge < -0.3 is 25.1 Å². The maximum Gasteiger partial charge on any atom is 0.323 e. The summed E-state index contributed by atoms with van der Waals surface area (Å²) in [5.41, 5.74) is 5.32. The van der Waals surface area contributed by atoms with E-state index in [0.29, 0.717) is 17.2 Å². The summed E-state index contributed by atoms with van der Waals surface area (Å²) in [5, 5.41) is 6.81. The molecule has 0 saturated carbocycles. The van der Waals surface area contributed by atoms with E-state index in [2.05, 4.69) is 15.6 Å². The predicted octanol–water partition coefficient (Wildman–Crippen LogP) is 5.80. The van der Waals surface area contributed by atoms with E-state index in [0.717, 1.165) is 27.8 Å². The van der Waals surface area contributed by atoms with Crippen LogP contribution in [0.2, 0.25) is 0 Å². The molecule has 0 saturated heterocycles. The van der Waals surface area contributed by atoms with Crippen LogP contribution in [0.1, 0.15) is 5.56 Å². The second-order valence-electron chi connectivity index (χ2n) is 6.94. The first kappa shape index (κ1) is 19.4. The minimum Gasteiger partial charge on any atom is -0.493 e. The highest BCUT2D eigenvalue weighted by atomic mass is 16.5. The Morgan fingerprint density at radius 2 is 1.60 bits per heavy atom. The van der Waals surface area contributed by atoms with Gasteiger partial charge in [0.2, 0.25) is 0 Å². The van der Waals surface area contributed by atoms with Crippen molar-refractivity contribution in [2.45, 2.75) is 6.92 Å². The number of hydrogen-bond donors (Lipinski definition) is 3. The van der Waals surface area contributed by atoms with E-state index in [1.165, 1.54) is 5.56 Å². The third-order valence-corrected chi connectivity index (χ3v) is 4.93. The van der Waals surface area contributed by atoms with Crippen LogP contribution in [0.15, 0.2) is 66.7 Å². The SMILES string of the molecule is COc1ccc(NC(=O)Nc2c(-c3ccc(C)cc3)[nH]c3ccccc23)cc1OC. The lowest BCUT2D eigenvalue weighted by Crippen LogP contribution is -2.19. The number of hydrogen-bond acceptors (Lipinski definition) is 3. The largest absolute Gasteiger partial charge is 0.493 e. The van der Waals surface area contributed by atoms with Gasteiger partial charge in [0, 0.05) is 28.2 Å². The molecule has 0 radical (unpaired) electrons. The molecule has 0 bridgehead atoms. The van der Waals surface area contributed by atoms with Crippen LogP contribution in [0.4, 0.5) is 16.2 Å². The Bertz CT molecular complexity index is 1200. The normalized spacial score (nSPS) is 10.6. The molecule has 6 heteroatoms. The summed E-state index contributed by atoms with van der Waals surface area (Å²) in [6.45, 7) is 2.05. The van der Waals surface area contributed by atoms with E-state index in [1.807, 2.05) is 55.5 Å². The average molecular weight is 401 g/mol. The summed E-state index contributed by atoms with van der Waals surface area (Å²) in [5.74, 6) is 1.14. The summed E-state index contributed by atoms with van der Waals surface area (Å²) in [6, 6.07) is 20.9. The van der Waals surface area contributed by atoms with Crippen LogP contribution in [-0.2, 0) is 0 Å². The van der Waals surface area contributed by atoms with Gasteiger partial charge in [-0.3, -0.25) is 0 Å². The number of amides is 2. The number of aromatic nitrogens is 1. The van der Waals surface area contributed by atoms with Crippen LogP contribution in [0.3, 0.4) is 0 Å². The van der Waals surface area contributed by atoms with Crippen molar-refractivity contribution in [2.24, 2.45) is 0 Å². The van der Waals surface area contributed by atoms with Crippen molar-refractivity contribution in [2.75, 3.05) is 24.9 Å². The Hall–Kier alpha value is -3.93. The van der Waals surface area contributed by atoms with Crippen molar-refractivity contribution in [1.29, 1.82) is 0 Å². The summed E-state index contributed by atoms with van der Waals surface area (Å²) in [4.78, 5) is 16.2. The molecule has 0 spiro atoms. The summed E-state index contributed by atoms with van der Waals surface area (Å²) in [6.07, 6.45) is 0. The van der Waals surface area contributed by atoms with Gasteiger partial charge in [-0.1, -0.05) is 48.0 Å². The minimum atomic E-state index is -0.347. The topological polar surface area (TPSA) is 75.4 Å². The first-order valence-electron chi connectivity index (χ1n) is 9.57. The van der Waals surface area contributed by atoms with Crippen LogP contribution in [-0.4, -0.2) is 25.2 Å². The lowest BCUT2D eigenvalue weighted by atomic mass is 10.1. The number of benzene rings is 3. The maximum absolute atomic E-state index is 12.8. The van der Waals surface area contributed by atoms with Crippen molar-refractivity contribution >= 4 is 28.3 Å². The van der Waals surface area contributed by atoms with Crippen LogP contribution in [0, 0.1) is 6.92 Å². The summed E-state index contributed by atoms with van der Waals surface area (Å²) < 4.78 is 10.6. The number of aromatic amines is 1. The molecule has 2 amide bonds. The van der Waals surface area contributed by atoms with Gasteiger partial charge in [-0.15, -0.1) is 0 Å². The minimum absolute atomic E-state index is 0.347. The highest BCUT2D eigenvalue weighted by Gasteiger charge is 2.16. The highest BCUT2D eigenvalue weighted by Crippen LogP contribution is 2.35. The fourth-order valence-electron chi connectivity index (χ4n) is 3.40. The van der Waals surface area contributed by atoms with Crippen molar-refractivity contribution in [3.8, 4) is 22.8 Å². The zero-order valence-electron chi connectivity index (χ0n) is 17.1. The Balaban J connectivity index is 1.65. The predicted molar refractivity (Wildman–Crippen MR) is 121 cm³/mol. The Morgan fingerprint density at radius 1 is 0.867 bits per heavy atom. The maximum atomic E-state index is 12.8. The number of carbonyl (C=O) groups excluding carboxylic acids is 1. The quantitative estimate of drug-likeness (QED) is 0.395. The molecular weight excluding hydrogens is 378 g/mol. The average Bonchev–Trinajstić information content (AvgIpc) is 3.12. The molecule has 1 aromatic heterocycles. The number of methoxy groups -OCH3 is 2. The first-order chi connectivity index (χ1) is 14.6. The van der Waals surface area contributed by atoms with Crippen molar-refractivity contribution in [3.63, 3.8) is 0 Å². The molecule has 0 aliphatic carbocycles. The molecule has 0 fully saturated rings. The highest BCUT2D eigenvalue weighted by molar-refractivity contribution is 6.10. The third-order valence-electron chi connectivity index (χ3n) is 4.93. The van der Waals surface area contributed by atoms with E-state index in [4.69, 9.17) is 9.47 Å². The van der Waals surface area contributed by atoms with Gasteiger partial charge in [0.05, 0.1) is 25.6 Å². The van der Waals surface area contributed by atoms with Crippen LogP contribution in [0.5, 0.6) is 11.5 Å². The molecule has 0 atom stereocenters. The number of urea groups is 1. The molecule has 0 unspecified atom stereocenters. The van der Waals surface area contributed by atoms with E-state index >= 15 is 0 Å².